The van der Waals surface area contributed by atoms with Gasteiger partial charge in [0.25, 0.3) is 0 Å². The van der Waals surface area contributed by atoms with Gasteiger partial charge in [0.1, 0.15) is 0 Å². The number of thiazole rings is 1. The summed E-state index contributed by atoms with van der Waals surface area (Å²) in [5, 5.41) is 11.5. The summed E-state index contributed by atoms with van der Waals surface area (Å²) < 4.78 is 0. The van der Waals surface area contributed by atoms with Crippen molar-refractivity contribution in [1.29, 1.82) is 0 Å². The van der Waals surface area contributed by atoms with Crippen LogP contribution in [0.3, 0.4) is 0 Å². The molecule has 1 saturated carbocycles. The third-order valence-electron chi connectivity index (χ3n) is 4.49. The Bertz CT molecular complexity index is 790. The third kappa shape index (κ3) is 6.22. The number of hydrogen-bond donors (Lipinski definition) is 3. The number of anilines is 1. The Morgan fingerprint density at radius 2 is 1.96 bits per heavy atom. The molecule has 1 aromatic carbocycles. The van der Waals surface area contributed by atoms with Crippen LogP contribution >= 0.6 is 22.9 Å². The quantitative estimate of drug-likeness (QED) is 0.675. The fourth-order valence-electron chi connectivity index (χ4n) is 3.07. The van der Waals surface area contributed by atoms with E-state index in [1.165, 1.54) is 17.8 Å². The van der Waals surface area contributed by atoms with E-state index in [2.05, 4.69) is 20.9 Å². The van der Waals surface area contributed by atoms with Crippen LogP contribution in [0.25, 0.3) is 0 Å². The van der Waals surface area contributed by atoms with Crippen LogP contribution in [0.15, 0.2) is 29.6 Å². The van der Waals surface area contributed by atoms with Crippen LogP contribution in [0.1, 0.15) is 43.4 Å². The van der Waals surface area contributed by atoms with Crippen LogP contribution in [0.5, 0.6) is 0 Å². The maximum absolute atomic E-state index is 12.1. The Morgan fingerprint density at radius 3 is 2.74 bits per heavy atom. The Labute approximate surface area is 167 Å². The lowest BCUT2D eigenvalue weighted by atomic mass is 9.96. The summed E-state index contributed by atoms with van der Waals surface area (Å²) in [7, 11) is 0. The average molecular weight is 407 g/mol. The second-order valence-corrected chi connectivity index (χ2v) is 7.89. The highest BCUT2D eigenvalue weighted by Crippen LogP contribution is 2.19. The molecule has 0 spiro atoms. The van der Waals surface area contributed by atoms with Crippen molar-refractivity contribution < 1.29 is 9.59 Å². The number of halogens is 1. The topological polar surface area (TPSA) is 83.1 Å². The van der Waals surface area contributed by atoms with E-state index in [0.29, 0.717) is 22.4 Å². The van der Waals surface area contributed by atoms with Gasteiger partial charge in [-0.3, -0.25) is 10.1 Å². The maximum atomic E-state index is 12.1. The highest BCUT2D eigenvalue weighted by molar-refractivity contribution is 7.13. The second-order valence-electron chi connectivity index (χ2n) is 6.62. The molecule has 2 aromatic rings. The molecule has 6 nitrogen and oxygen atoms in total. The van der Waals surface area contributed by atoms with Crippen molar-refractivity contribution in [3.63, 3.8) is 0 Å². The number of benzene rings is 1. The van der Waals surface area contributed by atoms with Gasteiger partial charge in [0.05, 0.1) is 12.1 Å². The van der Waals surface area contributed by atoms with Gasteiger partial charge in [-0.1, -0.05) is 49.1 Å². The lowest BCUT2D eigenvalue weighted by Crippen LogP contribution is -2.39. The Balaban J connectivity index is 1.43. The minimum absolute atomic E-state index is 0.140. The SMILES string of the molecule is O=C(Cc1csc(NC(=O)NC2CCCCC2)n1)NCc1ccccc1Cl. The minimum Gasteiger partial charge on any atom is -0.352 e. The molecule has 1 aliphatic rings. The highest BCUT2D eigenvalue weighted by atomic mass is 35.5. The number of carbonyl (C=O) groups is 2. The first kappa shape index (κ1) is 19.6. The van der Waals surface area contributed by atoms with Crippen LogP contribution in [-0.4, -0.2) is 23.0 Å². The monoisotopic (exact) mass is 406 g/mol. The molecule has 3 rings (SSSR count). The Kier molecular flexibility index (Phi) is 7.06. The molecule has 3 N–H and O–H groups in total. The van der Waals surface area contributed by atoms with E-state index in [9.17, 15) is 9.59 Å². The van der Waals surface area contributed by atoms with Crippen molar-refractivity contribution in [2.24, 2.45) is 0 Å². The van der Waals surface area contributed by atoms with Gasteiger partial charge in [0.2, 0.25) is 5.91 Å². The van der Waals surface area contributed by atoms with Crippen LogP contribution < -0.4 is 16.0 Å². The van der Waals surface area contributed by atoms with Gasteiger partial charge < -0.3 is 10.6 Å². The smallest absolute Gasteiger partial charge is 0.321 e. The summed E-state index contributed by atoms with van der Waals surface area (Å²) in [6.45, 7) is 0.373. The van der Waals surface area contributed by atoms with E-state index in [1.54, 1.807) is 11.4 Å². The summed E-state index contributed by atoms with van der Waals surface area (Å²) in [5.41, 5.74) is 1.50. The molecule has 0 saturated heterocycles. The summed E-state index contributed by atoms with van der Waals surface area (Å²) in [4.78, 5) is 28.5. The average Bonchev–Trinajstić information content (AvgIpc) is 3.08. The second kappa shape index (κ2) is 9.71. The normalized spacial score (nSPS) is 14.6. The van der Waals surface area contributed by atoms with Crippen molar-refractivity contribution in [2.75, 3.05) is 5.32 Å². The first-order valence-electron chi connectivity index (χ1n) is 9.12. The van der Waals surface area contributed by atoms with Crippen molar-refractivity contribution in [1.82, 2.24) is 15.6 Å². The minimum atomic E-state index is -0.231. The summed E-state index contributed by atoms with van der Waals surface area (Å²) in [6.07, 6.45) is 5.79. The van der Waals surface area contributed by atoms with Gasteiger partial charge in [0, 0.05) is 23.0 Å². The number of nitrogens with one attached hydrogen (secondary N) is 3. The molecule has 0 atom stereocenters. The molecular weight excluding hydrogens is 384 g/mol. The van der Waals surface area contributed by atoms with E-state index in [0.717, 1.165) is 31.2 Å². The van der Waals surface area contributed by atoms with Crippen LogP contribution in [0, 0.1) is 0 Å². The molecule has 0 bridgehead atoms. The van der Waals surface area contributed by atoms with Gasteiger partial charge in [-0.05, 0) is 24.5 Å². The molecular formula is C19H23ClN4O2S. The number of aromatic nitrogens is 1. The van der Waals surface area contributed by atoms with Gasteiger partial charge >= 0.3 is 6.03 Å². The zero-order chi connectivity index (χ0) is 19.1. The van der Waals surface area contributed by atoms with Crippen LogP contribution in [0.4, 0.5) is 9.93 Å². The molecule has 144 valence electrons. The van der Waals surface area contributed by atoms with Crippen molar-refractivity contribution >= 4 is 40.0 Å². The van der Waals surface area contributed by atoms with Crippen molar-refractivity contribution in [2.45, 2.75) is 51.1 Å². The number of rotatable bonds is 6. The fourth-order valence-corrected chi connectivity index (χ4v) is 3.98. The van der Waals surface area contributed by atoms with Crippen LogP contribution in [-0.2, 0) is 17.8 Å². The van der Waals surface area contributed by atoms with E-state index in [-0.39, 0.29) is 24.4 Å². The number of urea groups is 1. The number of amides is 3. The van der Waals surface area contributed by atoms with Crippen molar-refractivity contribution in [3.05, 3.63) is 45.9 Å². The molecule has 8 heteroatoms. The predicted molar refractivity (Wildman–Crippen MR) is 108 cm³/mol. The third-order valence-corrected chi connectivity index (χ3v) is 5.66. The molecule has 1 aromatic heterocycles. The van der Waals surface area contributed by atoms with E-state index in [4.69, 9.17) is 11.6 Å². The largest absolute Gasteiger partial charge is 0.352 e. The molecule has 1 aliphatic carbocycles. The zero-order valence-electron chi connectivity index (χ0n) is 15.0. The number of hydrogen-bond acceptors (Lipinski definition) is 4. The van der Waals surface area contributed by atoms with Gasteiger partial charge in [-0.15, -0.1) is 11.3 Å². The lowest BCUT2D eigenvalue weighted by Gasteiger charge is -2.22. The Hall–Kier alpha value is -2.12. The number of nitrogens with zero attached hydrogens (tertiary/aromatic N) is 1. The van der Waals surface area contributed by atoms with Gasteiger partial charge in [-0.2, -0.15) is 0 Å². The first-order chi connectivity index (χ1) is 13.1. The summed E-state index contributed by atoms with van der Waals surface area (Å²) in [6, 6.07) is 7.41. The number of carbonyl (C=O) groups excluding carboxylic acids is 2. The summed E-state index contributed by atoms with van der Waals surface area (Å²) >= 11 is 7.40. The first-order valence-corrected chi connectivity index (χ1v) is 10.4. The Morgan fingerprint density at radius 1 is 1.19 bits per heavy atom. The molecule has 0 unspecified atom stereocenters. The lowest BCUT2D eigenvalue weighted by molar-refractivity contribution is -0.120. The van der Waals surface area contributed by atoms with Crippen molar-refractivity contribution in [3.8, 4) is 0 Å². The maximum Gasteiger partial charge on any atom is 0.321 e. The fraction of sp³-hybridized carbons (Fsp3) is 0.421. The molecule has 1 fully saturated rings. The van der Waals surface area contributed by atoms with E-state index >= 15 is 0 Å². The molecule has 3 amide bonds. The molecule has 0 aliphatic heterocycles. The highest BCUT2D eigenvalue weighted by Gasteiger charge is 2.16. The van der Waals surface area contributed by atoms with Gasteiger partial charge in [0.15, 0.2) is 5.13 Å². The zero-order valence-corrected chi connectivity index (χ0v) is 16.5. The molecule has 27 heavy (non-hydrogen) atoms. The van der Waals surface area contributed by atoms with Crippen LogP contribution in [0.2, 0.25) is 5.02 Å². The molecule has 0 radical (unpaired) electrons. The molecule has 1 heterocycles. The predicted octanol–water partition coefficient (Wildman–Crippen LogP) is 4.11. The van der Waals surface area contributed by atoms with Gasteiger partial charge in [-0.25, -0.2) is 9.78 Å². The standard InChI is InChI=1S/C19H23ClN4O2S/c20-16-9-5-4-6-13(16)11-21-17(25)10-15-12-27-19(23-15)24-18(26)22-14-7-2-1-3-8-14/h4-6,9,12,14H,1-3,7-8,10-11H2,(H,21,25)(H2,22,23,24,26). The van der Waals surface area contributed by atoms with E-state index < -0.39 is 0 Å². The summed E-state index contributed by atoms with van der Waals surface area (Å²) in [5.74, 6) is -0.140. The van der Waals surface area contributed by atoms with E-state index in [1.807, 2.05) is 18.2 Å².